The van der Waals surface area contributed by atoms with Gasteiger partial charge in [-0.05, 0) is 55.6 Å². The fourth-order valence-electron chi connectivity index (χ4n) is 4.87. The Kier molecular flexibility index (Phi) is 6.89. The molecule has 1 aliphatic rings. The first kappa shape index (κ1) is 25.1. The molecule has 5 rings (SSSR count). The summed E-state index contributed by atoms with van der Waals surface area (Å²) in [6.45, 7) is 5.73. The van der Waals surface area contributed by atoms with E-state index in [4.69, 9.17) is 15.6 Å². The number of benzene rings is 2. The highest BCUT2D eigenvalue weighted by molar-refractivity contribution is 5.98. The fraction of sp³-hybridized carbons (Fsp3) is 0.214. The summed E-state index contributed by atoms with van der Waals surface area (Å²) >= 11 is 0. The van der Waals surface area contributed by atoms with Crippen LogP contribution >= 0.6 is 0 Å². The SMILES string of the molecule is Cc1ccccc1/C(C1=CCNCC1)=C(\OC=O)C(C)n1nc(-c2cc(O)cc(F)c2)c2c(N)ncnc21. The molecule has 194 valence electrons. The number of phenolic OH excluding ortho intramolecular Hbond substituents is 1. The number of nitrogens with zero attached hydrogens (tertiary/aromatic N) is 4. The van der Waals surface area contributed by atoms with Crippen LogP contribution in [0, 0.1) is 12.7 Å². The van der Waals surface area contributed by atoms with Gasteiger partial charge in [-0.3, -0.25) is 4.79 Å². The topological polar surface area (TPSA) is 128 Å². The zero-order chi connectivity index (χ0) is 26.8. The Bertz CT molecular complexity index is 1570. The first-order valence-corrected chi connectivity index (χ1v) is 12.2. The lowest BCUT2D eigenvalue weighted by Crippen LogP contribution is -2.22. The summed E-state index contributed by atoms with van der Waals surface area (Å²) < 4.78 is 21.5. The molecule has 0 saturated carbocycles. The summed E-state index contributed by atoms with van der Waals surface area (Å²) in [6.07, 6.45) is 4.15. The van der Waals surface area contributed by atoms with Crippen LogP contribution in [0.4, 0.5) is 10.2 Å². The number of nitrogens with two attached hydrogens (primary N) is 1. The molecule has 9 nitrogen and oxygen atoms in total. The fourth-order valence-corrected chi connectivity index (χ4v) is 4.87. The van der Waals surface area contributed by atoms with Crippen molar-refractivity contribution in [3.8, 4) is 17.0 Å². The van der Waals surface area contributed by atoms with E-state index >= 15 is 0 Å². The number of aryl methyl sites for hydroxylation is 1. The largest absolute Gasteiger partial charge is 0.508 e. The minimum atomic E-state index is -0.629. The van der Waals surface area contributed by atoms with Crippen LogP contribution in [0.3, 0.4) is 0 Å². The summed E-state index contributed by atoms with van der Waals surface area (Å²) in [5.74, 6) is -0.349. The number of anilines is 1. The van der Waals surface area contributed by atoms with Crippen LogP contribution in [0.15, 0.2) is 66.2 Å². The number of carbonyl (C=O) groups is 1. The third-order valence-electron chi connectivity index (χ3n) is 6.64. The number of aromatic hydroxyl groups is 1. The number of halogens is 1. The van der Waals surface area contributed by atoms with Gasteiger partial charge in [-0.15, -0.1) is 0 Å². The second kappa shape index (κ2) is 10.4. The summed E-state index contributed by atoms with van der Waals surface area (Å²) in [4.78, 5) is 20.4. The molecule has 10 heteroatoms. The zero-order valence-electron chi connectivity index (χ0n) is 21.0. The van der Waals surface area contributed by atoms with Crippen molar-refractivity contribution >= 4 is 28.9 Å². The molecule has 1 aliphatic heterocycles. The van der Waals surface area contributed by atoms with Gasteiger partial charge in [-0.25, -0.2) is 19.0 Å². The predicted octanol–water partition coefficient (Wildman–Crippen LogP) is 4.29. The zero-order valence-corrected chi connectivity index (χ0v) is 21.0. The van der Waals surface area contributed by atoms with Crippen molar-refractivity contribution in [3.05, 3.63) is 83.1 Å². The van der Waals surface area contributed by atoms with Gasteiger partial charge in [-0.1, -0.05) is 30.3 Å². The Hall–Kier alpha value is -4.57. The molecule has 0 saturated heterocycles. The molecule has 1 atom stereocenters. The first-order chi connectivity index (χ1) is 18.4. The molecule has 0 aliphatic carbocycles. The highest BCUT2D eigenvalue weighted by Gasteiger charge is 2.28. The molecular weight excluding hydrogens is 487 g/mol. The van der Waals surface area contributed by atoms with Crippen molar-refractivity contribution in [2.45, 2.75) is 26.3 Å². The molecule has 38 heavy (non-hydrogen) atoms. The molecule has 0 amide bonds. The number of carbonyl (C=O) groups excluding carboxylic acids is 1. The third kappa shape index (κ3) is 4.61. The number of allylic oxidation sites excluding steroid dienone is 2. The lowest BCUT2D eigenvalue weighted by molar-refractivity contribution is -0.125. The van der Waals surface area contributed by atoms with E-state index in [-0.39, 0.29) is 11.6 Å². The van der Waals surface area contributed by atoms with E-state index < -0.39 is 11.9 Å². The quantitative estimate of drug-likeness (QED) is 0.246. The van der Waals surface area contributed by atoms with E-state index in [9.17, 15) is 14.3 Å². The maximum absolute atomic E-state index is 14.2. The number of ether oxygens (including phenoxy) is 1. The Labute approximate surface area is 218 Å². The number of phenols is 1. The minimum Gasteiger partial charge on any atom is -0.508 e. The van der Waals surface area contributed by atoms with Crippen molar-refractivity contribution in [2.24, 2.45) is 0 Å². The van der Waals surface area contributed by atoms with Crippen molar-refractivity contribution in [3.63, 3.8) is 0 Å². The highest BCUT2D eigenvalue weighted by Crippen LogP contribution is 2.39. The molecular formula is C28H27FN6O3. The van der Waals surface area contributed by atoms with E-state index in [1.807, 2.05) is 38.1 Å². The number of hydrogen-bond donors (Lipinski definition) is 3. The number of aromatic nitrogens is 4. The molecule has 2 aromatic carbocycles. The average Bonchev–Trinajstić information content (AvgIpc) is 3.30. The molecule has 0 spiro atoms. The van der Waals surface area contributed by atoms with Gasteiger partial charge in [0.1, 0.15) is 41.2 Å². The predicted molar refractivity (Wildman–Crippen MR) is 142 cm³/mol. The Morgan fingerprint density at radius 3 is 2.79 bits per heavy atom. The minimum absolute atomic E-state index is 0.147. The Morgan fingerprint density at radius 2 is 2.08 bits per heavy atom. The number of fused-ring (bicyclic) bond motifs is 1. The first-order valence-electron chi connectivity index (χ1n) is 12.2. The summed E-state index contributed by atoms with van der Waals surface area (Å²) in [7, 11) is 0. The van der Waals surface area contributed by atoms with Crippen LogP contribution in [-0.2, 0) is 9.53 Å². The van der Waals surface area contributed by atoms with Gasteiger partial charge in [-0.2, -0.15) is 5.10 Å². The van der Waals surface area contributed by atoms with E-state index in [2.05, 4.69) is 21.4 Å². The average molecular weight is 515 g/mol. The van der Waals surface area contributed by atoms with Crippen LogP contribution < -0.4 is 11.1 Å². The summed E-state index contributed by atoms with van der Waals surface area (Å²) in [5.41, 5.74) is 11.0. The molecule has 2 aromatic heterocycles. The van der Waals surface area contributed by atoms with Crippen LogP contribution in [0.1, 0.15) is 30.5 Å². The molecule has 3 heterocycles. The molecule has 0 bridgehead atoms. The molecule has 1 unspecified atom stereocenters. The van der Waals surface area contributed by atoms with Crippen molar-refractivity contribution < 1.29 is 19.0 Å². The maximum Gasteiger partial charge on any atom is 0.298 e. The van der Waals surface area contributed by atoms with Crippen LogP contribution in [-0.4, -0.2) is 44.4 Å². The van der Waals surface area contributed by atoms with Crippen LogP contribution in [0.2, 0.25) is 0 Å². The highest BCUT2D eigenvalue weighted by atomic mass is 19.1. The van der Waals surface area contributed by atoms with Crippen molar-refractivity contribution in [2.75, 3.05) is 18.8 Å². The normalized spacial score (nSPS) is 15.1. The summed E-state index contributed by atoms with van der Waals surface area (Å²) in [6, 6.07) is 10.9. The Morgan fingerprint density at radius 1 is 1.26 bits per heavy atom. The van der Waals surface area contributed by atoms with E-state index in [1.165, 1.54) is 18.5 Å². The maximum atomic E-state index is 14.2. The van der Waals surface area contributed by atoms with E-state index in [0.717, 1.165) is 41.3 Å². The lowest BCUT2D eigenvalue weighted by Gasteiger charge is -2.25. The molecule has 0 radical (unpaired) electrons. The van der Waals surface area contributed by atoms with E-state index in [0.29, 0.717) is 41.1 Å². The standard InChI is InChI=1S/C28H27FN6O3/c1-16-5-3-4-6-22(16)23(18-7-9-31-10-8-18)26(38-15-36)17(2)35-28-24(27(30)32-14-33-28)25(34-35)19-11-20(29)13-21(37)12-19/h3-7,11-15,17,31,37H,8-10H2,1-2H3,(H2,30,32,33)/b26-23-. The molecule has 4 aromatic rings. The number of hydrogen-bond acceptors (Lipinski definition) is 8. The second-order valence-corrected chi connectivity index (χ2v) is 9.08. The van der Waals surface area contributed by atoms with Gasteiger partial charge >= 0.3 is 0 Å². The monoisotopic (exact) mass is 514 g/mol. The molecule has 4 N–H and O–H groups in total. The number of nitrogens with one attached hydrogen (secondary N) is 1. The lowest BCUT2D eigenvalue weighted by atomic mass is 9.88. The van der Waals surface area contributed by atoms with E-state index in [1.54, 1.807) is 4.68 Å². The second-order valence-electron chi connectivity index (χ2n) is 9.08. The van der Waals surface area contributed by atoms with Crippen LogP contribution in [0.25, 0.3) is 27.9 Å². The molecule has 0 fully saturated rings. The third-order valence-corrected chi connectivity index (χ3v) is 6.64. The van der Waals surface area contributed by atoms with Gasteiger partial charge in [0, 0.05) is 23.7 Å². The van der Waals surface area contributed by atoms with Gasteiger partial charge in [0.2, 0.25) is 0 Å². The van der Waals surface area contributed by atoms with Crippen LogP contribution in [0.5, 0.6) is 5.75 Å². The smallest absolute Gasteiger partial charge is 0.298 e. The van der Waals surface area contributed by atoms with Gasteiger partial charge in [0.05, 0.1) is 5.39 Å². The van der Waals surface area contributed by atoms with Gasteiger partial charge < -0.3 is 20.9 Å². The van der Waals surface area contributed by atoms with Gasteiger partial charge in [0.25, 0.3) is 6.47 Å². The Balaban J connectivity index is 1.78. The van der Waals surface area contributed by atoms with Crippen molar-refractivity contribution in [1.82, 2.24) is 25.1 Å². The number of rotatable bonds is 7. The van der Waals surface area contributed by atoms with Crippen molar-refractivity contribution in [1.29, 1.82) is 0 Å². The number of nitrogen functional groups attached to an aromatic ring is 1. The summed E-state index contributed by atoms with van der Waals surface area (Å²) in [5, 5.41) is 18.5. The van der Waals surface area contributed by atoms with Gasteiger partial charge in [0.15, 0.2) is 5.65 Å².